The van der Waals surface area contributed by atoms with Crippen LogP contribution in [0, 0.1) is 11.7 Å². The number of halogens is 1. The van der Waals surface area contributed by atoms with Gasteiger partial charge in [-0.1, -0.05) is 38.4 Å². The lowest BCUT2D eigenvalue weighted by molar-refractivity contribution is 0.555. The topological polar surface area (TPSA) is 20.7 Å². The van der Waals surface area contributed by atoms with Crippen LogP contribution >= 0.6 is 23.8 Å². The first kappa shape index (κ1) is 13.4. The second kappa shape index (κ2) is 4.56. The fourth-order valence-electron chi connectivity index (χ4n) is 2.00. The molecule has 4 heteroatoms. The molecule has 0 saturated carbocycles. The molecule has 0 aliphatic rings. The summed E-state index contributed by atoms with van der Waals surface area (Å²) in [5.41, 5.74) is 3.25. The number of aromatic amines is 1. The van der Waals surface area contributed by atoms with Crippen LogP contribution in [0.4, 0.5) is 0 Å². The van der Waals surface area contributed by atoms with Gasteiger partial charge in [0.1, 0.15) is 0 Å². The molecule has 18 heavy (non-hydrogen) atoms. The Labute approximate surface area is 118 Å². The fraction of sp³-hybridized carbons (Fsp3) is 0.357. The van der Waals surface area contributed by atoms with Gasteiger partial charge in [0, 0.05) is 22.3 Å². The predicted octanol–water partition coefficient (Wildman–Crippen LogP) is 4.79. The summed E-state index contributed by atoms with van der Waals surface area (Å²) in [4.78, 5) is 3.12. The number of imidazole rings is 1. The minimum Gasteiger partial charge on any atom is -0.337 e. The molecule has 0 fully saturated rings. The highest BCUT2D eigenvalue weighted by Gasteiger charge is 2.21. The van der Waals surface area contributed by atoms with E-state index in [0.29, 0.717) is 4.77 Å². The Kier molecular flexibility index (Phi) is 3.39. The van der Waals surface area contributed by atoms with Gasteiger partial charge in [-0.3, -0.25) is 4.57 Å². The summed E-state index contributed by atoms with van der Waals surface area (Å²) in [7, 11) is 0. The minimum atomic E-state index is 0.0162. The molecule has 0 bridgehead atoms. The Morgan fingerprint density at radius 2 is 1.94 bits per heavy atom. The Bertz CT molecular complexity index is 632. The molecule has 96 valence electrons. The van der Waals surface area contributed by atoms with Gasteiger partial charge in [-0.25, -0.2) is 0 Å². The molecule has 0 saturated heterocycles. The van der Waals surface area contributed by atoms with Crippen molar-refractivity contribution in [3.63, 3.8) is 0 Å². The van der Waals surface area contributed by atoms with Gasteiger partial charge in [-0.05, 0) is 36.8 Å². The second-order valence-electron chi connectivity index (χ2n) is 5.45. The Balaban J connectivity index is 2.76. The van der Waals surface area contributed by atoms with E-state index in [4.69, 9.17) is 23.8 Å². The van der Waals surface area contributed by atoms with Crippen LogP contribution in [-0.2, 0) is 5.41 Å². The van der Waals surface area contributed by atoms with Crippen molar-refractivity contribution in [2.75, 3.05) is 0 Å². The third kappa shape index (κ3) is 2.25. The Morgan fingerprint density at radius 1 is 1.28 bits per heavy atom. The molecule has 1 aromatic carbocycles. The summed E-state index contributed by atoms with van der Waals surface area (Å²) >= 11 is 11.6. The smallest absolute Gasteiger partial charge is 0.182 e. The lowest BCUT2D eigenvalue weighted by Gasteiger charge is -2.22. The van der Waals surface area contributed by atoms with Crippen molar-refractivity contribution in [2.24, 2.45) is 0 Å². The van der Waals surface area contributed by atoms with Gasteiger partial charge < -0.3 is 4.98 Å². The zero-order valence-corrected chi connectivity index (χ0v) is 12.6. The molecular formula is C14H17ClN2S. The van der Waals surface area contributed by atoms with Gasteiger partial charge in [-0.15, -0.1) is 0 Å². The average molecular weight is 281 g/mol. The predicted molar refractivity (Wildman–Crippen MR) is 79.4 cm³/mol. The minimum absolute atomic E-state index is 0.0162. The molecule has 0 aliphatic carbocycles. The van der Waals surface area contributed by atoms with Crippen LogP contribution in [0.5, 0.6) is 0 Å². The number of benzene rings is 1. The molecule has 1 N–H and O–H groups in total. The van der Waals surface area contributed by atoms with E-state index < -0.39 is 0 Å². The zero-order chi connectivity index (χ0) is 13.5. The molecule has 1 heterocycles. The number of aromatic nitrogens is 2. The number of hydrogen-bond donors (Lipinski definition) is 1. The standard InChI is InChI=1S/C14H17ClN2S/c1-9-10(15)6-5-7-11(9)17-12(14(2,3)4)8-16-13(17)18/h5-8H,1-4H3,(H,16,18). The second-order valence-corrected chi connectivity index (χ2v) is 6.24. The van der Waals surface area contributed by atoms with E-state index in [0.717, 1.165) is 22.0 Å². The molecule has 2 rings (SSSR count). The maximum Gasteiger partial charge on any atom is 0.182 e. The summed E-state index contributed by atoms with van der Waals surface area (Å²) in [5.74, 6) is 0. The SMILES string of the molecule is Cc1c(Cl)cccc1-n1c(C(C)(C)C)c[nH]c1=S. The van der Waals surface area contributed by atoms with Crippen LogP contribution in [0.25, 0.3) is 5.69 Å². The molecule has 0 aliphatic heterocycles. The van der Waals surface area contributed by atoms with Gasteiger partial charge in [0.15, 0.2) is 4.77 Å². The number of rotatable bonds is 1. The first-order valence-corrected chi connectivity index (χ1v) is 6.67. The van der Waals surface area contributed by atoms with Crippen molar-refractivity contribution in [3.8, 4) is 5.69 Å². The van der Waals surface area contributed by atoms with Gasteiger partial charge in [0.25, 0.3) is 0 Å². The average Bonchev–Trinajstić information content (AvgIpc) is 2.64. The molecule has 0 atom stereocenters. The van der Waals surface area contributed by atoms with Gasteiger partial charge in [0.05, 0.1) is 5.69 Å². The Morgan fingerprint density at radius 3 is 2.56 bits per heavy atom. The third-order valence-electron chi connectivity index (χ3n) is 3.02. The lowest BCUT2D eigenvalue weighted by Crippen LogP contribution is -2.17. The van der Waals surface area contributed by atoms with Crippen molar-refractivity contribution in [1.82, 2.24) is 9.55 Å². The zero-order valence-electron chi connectivity index (χ0n) is 11.0. The summed E-state index contributed by atoms with van der Waals surface area (Å²) in [6, 6.07) is 5.89. The van der Waals surface area contributed by atoms with Crippen molar-refractivity contribution in [2.45, 2.75) is 33.1 Å². The van der Waals surface area contributed by atoms with Crippen LogP contribution in [0.3, 0.4) is 0 Å². The normalized spacial score (nSPS) is 11.8. The van der Waals surface area contributed by atoms with Gasteiger partial charge in [0.2, 0.25) is 0 Å². The molecule has 1 aromatic heterocycles. The molecule has 2 aromatic rings. The molecule has 0 amide bonds. The van der Waals surface area contributed by atoms with Gasteiger partial charge in [-0.2, -0.15) is 0 Å². The van der Waals surface area contributed by atoms with Crippen LogP contribution in [-0.4, -0.2) is 9.55 Å². The molecule has 0 unspecified atom stereocenters. The van der Waals surface area contributed by atoms with Crippen LogP contribution in [0.2, 0.25) is 5.02 Å². The summed E-state index contributed by atoms with van der Waals surface area (Å²) in [6.07, 6.45) is 1.97. The first-order chi connectivity index (χ1) is 8.32. The molecular weight excluding hydrogens is 264 g/mol. The monoisotopic (exact) mass is 280 g/mol. The van der Waals surface area contributed by atoms with E-state index in [1.54, 1.807) is 0 Å². The fourth-order valence-corrected chi connectivity index (χ4v) is 2.42. The largest absolute Gasteiger partial charge is 0.337 e. The van der Waals surface area contributed by atoms with Crippen molar-refractivity contribution >= 4 is 23.8 Å². The van der Waals surface area contributed by atoms with E-state index in [1.807, 2.05) is 31.3 Å². The summed E-state index contributed by atoms with van der Waals surface area (Å²) in [5, 5.41) is 0.760. The molecule has 0 radical (unpaired) electrons. The first-order valence-electron chi connectivity index (χ1n) is 5.89. The molecule has 0 spiro atoms. The van der Waals surface area contributed by atoms with E-state index in [2.05, 4.69) is 30.3 Å². The highest BCUT2D eigenvalue weighted by atomic mass is 35.5. The number of H-pyrrole nitrogens is 1. The van der Waals surface area contributed by atoms with E-state index in [9.17, 15) is 0 Å². The maximum atomic E-state index is 6.19. The van der Waals surface area contributed by atoms with Crippen LogP contribution < -0.4 is 0 Å². The lowest BCUT2D eigenvalue weighted by atomic mass is 9.92. The molecule has 2 nitrogen and oxygen atoms in total. The van der Waals surface area contributed by atoms with Crippen LogP contribution in [0.15, 0.2) is 24.4 Å². The number of nitrogens with zero attached hydrogens (tertiary/aromatic N) is 1. The van der Waals surface area contributed by atoms with Crippen molar-refractivity contribution in [1.29, 1.82) is 0 Å². The van der Waals surface area contributed by atoms with E-state index >= 15 is 0 Å². The number of nitrogens with one attached hydrogen (secondary N) is 1. The van der Waals surface area contributed by atoms with Gasteiger partial charge >= 0.3 is 0 Å². The van der Waals surface area contributed by atoms with E-state index in [1.165, 1.54) is 0 Å². The van der Waals surface area contributed by atoms with Crippen molar-refractivity contribution < 1.29 is 0 Å². The highest BCUT2D eigenvalue weighted by Crippen LogP contribution is 2.29. The number of hydrogen-bond acceptors (Lipinski definition) is 1. The van der Waals surface area contributed by atoms with E-state index in [-0.39, 0.29) is 5.41 Å². The quantitative estimate of drug-likeness (QED) is 0.745. The third-order valence-corrected chi connectivity index (χ3v) is 3.73. The summed E-state index contributed by atoms with van der Waals surface area (Å²) in [6.45, 7) is 8.52. The Hall–Kier alpha value is -1.06. The van der Waals surface area contributed by atoms with Crippen LogP contribution in [0.1, 0.15) is 32.0 Å². The maximum absolute atomic E-state index is 6.19. The highest BCUT2D eigenvalue weighted by molar-refractivity contribution is 7.71. The van der Waals surface area contributed by atoms with Crippen molar-refractivity contribution in [3.05, 3.63) is 45.4 Å². The summed E-state index contributed by atoms with van der Waals surface area (Å²) < 4.78 is 2.77.